The van der Waals surface area contributed by atoms with E-state index in [9.17, 15) is 9.59 Å². The van der Waals surface area contributed by atoms with E-state index < -0.39 is 0 Å². The van der Waals surface area contributed by atoms with Gasteiger partial charge in [-0.25, -0.2) is 0 Å². The van der Waals surface area contributed by atoms with Crippen molar-refractivity contribution in [1.29, 1.82) is 0 Å². The molecule has 2 aromatic rings. The number of hydrogen-bond acceptors (Lipinski definition) is 3. The molecular weight excluding hydrogens is 376 g/mol. The molecule has 2 aromatic carbocycles. The van der Waals surface area contributed by atoms with Crippen molar-refractivity contribution in [3.8, 4) is 5.75 Å². The van der Waals surface area contributed by atoms with Gasteiger partial charge in [-0.05, 0) is 53.1 Å². The number of nitrogens with one attached hydrogen (secondary N) is 1. The minimum atomic E-state index is -0.0914. The average molecular weight is 409 g/mol. The predicted molar refractivity (Wildman–Crippen MR) is 120 cm³/mol. The second-order valence-corrected chi connectivity index (χ2v) is 8.99. The van der Waals surface area contributed by atoms with E-state index in [1.807, 2.05) is 24.3 Å². The molecule has 0 radical (unpaired) electrons. The summed E-state index contributed by atoms with van der Waals surface area (Å²) >= 11 is 0. The van der Waals surface area contributed by atoms with E-state index in [1.54, 1.807) is 11.0 Å². The molecule has 0 saturated heterocycles. The van der Waals surface area contributed by atoms with Gasteiger partial charge in [-0.15, -0.1) is 0 Å². The molecule has 0 atom stereocenters. The Bertz CT molecular complexity index is 934. The van der Waals surface area contributed by atoms with Crippen LogP contribution in [0.5, 0.6) is 5.75 Å². The first-order chi connectivity index (χ1) is 14.2. The Hall–Kier alpha value is -2.82. The first-order valence-electron chi connectivity index (χ1n) is 10.7. The van der Waals surface area contributed by atoms with Crippen molar-refractivity contribution in [2.45, 2.75) is 53.0 Å². The summed E-state index contributed by atoms with van der Waals surface area (Å²) in [7, 11) is 0. The summed E-state index contributed by atoms with van der Waals surface area (Å²) in [6, 6.07) is 13.6. The summed E-state index contributed by atoms with van der Waals surface area (Å²) in [5.74, 6) is 0.937. The number of nitrogens with zero attached hydrogens (tertiary/aromatic N) is 1. The Balaban J connectivity index is 1.87. The van der Waals surface area contributed by atoms with Crippen LogP contribution < -0.4 is 15.0 Å². The van der Waals surface area contributed by atoms with Crippen LogP contribution in [0.4, 0.5) is 5.69 Å². The van der Waals surface area contributed by atoms with Gasteiger partial charge >= 0.3 is 0 Å². The molecule has 0 fully saturated rings. The average Bonchev–Trinajstić information content (AvgIpc) is 2.73. The molecule has 5 nitrogen and oxygen atoms in total. The predicted octanol–water partition coefficient (Wildman–Crippen LogP) is 4.69. The standard InChI is InChI=1S/C25H32N2O3/c1-6-25(4,5)20-10-11-22-21(13-20)27(23(28)16-30-22)15-18-8-7-9-19(12-18)24(29)26-14-17(2)3/h7-13,17H,6,14-16H2,1-5H3,(H,26,29). The molecule has 1 aliphatic heterocycles. The monoisotopic (exact) mass is 408 g/mol. The zero-order valence-electron chi connectivity index (χ0n) is 18.6. The van der Waals surface area contributed by atoms with Gasteiger partial charge in [0.05, 0.1) is 12.2 Å². The number of fused-ring (bicyclic) bond motifs is 1. The van der Waals surface area contributed by atoms with Crippen LogP contribution in [0.15, 0.2) is 42.5 Å². The molecule has 2 amide bonds. The molecular formula is C25H32N2O3. The van der Waals surface area contributed by atoms with Gasteiger partial charge in [0.25, 0.3) is 11.8 Å². The second-order valence-electron chi connectivity index (χ2n) is 8.99. The number of carbonyl (C=O) groups is 2. The Labute approximate surface area is 179 Å². The highest BCUT2D eigenvalue weighted by atomic mass is 16.5. The lowest BCUT2D eigenvalue weighted by Crippen LogP contribution is -2.38. The van der Waals surface area contributed by atoms with Crippen molar-refractivity contribution < 1.29 is 14.3 Å². The van der Waals surface area contributed by atoms with E-state index in [4.69, 9.17) is 4.74 Å². The first-order valence-corrected chi connectivity index (χ1v) is 10.7. The van der Waals surface area contributed by atoms with Crippen molar-refractivity contribution >= 4 is 17.5 Å². The van der Waals surface area contributed by atoms with Crippen LogP contribution in [-0.2, 0) is 16.8 Å². The molecule has 0 unspecified atom stereocenters. The van der Waals surface area contributed by atoms with Crippen LogP contribution in [0, 0.1) is 5.92 Å². The highest BCUT2D eigenvalue weighted by Gasteiger charge is 2.28. The zero-order valence-corrected chi connectivity index (χ0v) is 18.6. The topological polar surface area (TPSA) is 58.6 Å². The third-order valence-corrected chi connectivity index (χ3v) is 5.77. The number of carbonyl (C=O) groups excluding carboxylic acids is 2. The van der Waals surface area contributed by atoms with Gasteiger partial charge in [-0.1, -0.05) is 52.8 Å². The number of ether oxygens (including phenoxy) is 1. The lowest BCUT2D eigenvalue weighted by molar-refractivity contribution is -0.121. The van der Waals surface area contributed by atoms with Crippen molar-refractivity contribution in [3.63, 3.8) is 0 Å². The summed E-state index contributed by atoms with van der Waals surface area (Å²) < 4.78 is 5.67. The molecule has 1 heterocycles. The molecule has 0 aromatic heterocycles. The fourth-order valence-corrected chi connectivity index (χ4v) is 3.39. The summed E-state index contributed by atoms with van der Waals surface area (Å²) in [5.41, 5.74) is 3.49. The summed E-state index contributed by atoms with van der Waals surface area (Å²) in [6.07, 6.45) is 0.994. The SMILES string of the molecule is CCC(C)(C)c1ccc2c(c1)N(Cc1cccc(C(=O)NCC(C)C)c1)C(=O)CO2. The first kappa shape index (κ1) is 21.9. The highest BCUT2D eigenvalue weighted by molar-refractivity contribution is 5.98. The third-order valence-electron chi connectivity index (χ3n) is 5.77. The van der Waals surface area contributed by atoms with Crippen molar-refractivity contribution in [2.24, 2.45) is 5.92 Å². The van der Waals surface area contributed by atoms with E-state index in [0.717, 1.165) is 23.4 Å². The molecule has 160 valence electrons. The van der Waals surface area contributed by atoms with E-state index in [2.05, 4.69) is 52.1 Å². The van der Waals surface area contributed by atoms with Crippen LogP contribution in [0.3, 0.4) is 0 Å². The molecule has 0 spiro atoms. The molecule has 0 bridgehead atoms. The Kier molecular flexibility index (Phi) is 6.49. The fourth-order valence-electron chi connectivity index (χ4n) is 3.39. The van der Waals surface area contributed by atoms with Crippen LogP contribution in [-0.4, -0.2) is 25.0 Å². The molecule has 30 heavy (non-hydrogen) atoms. The quantitative estimate of drug-likeness (QED) is 0.723. The number of hydrogen-bond donors (Lipinski definition) is 1. The molecule has 1 N–H and O–H groups in total. The lowest BCUT2D eigenvalue weighted by Gasteiger charge is -2.32. The third kappa shape index (κ3) is 4.84. The molecule has 0 saturated carbocycles. The van der Waals surface area contributed by atoms with Crippen LogP contribution >= 0.6 is 0 Å². The van der Waals surface area contributed by atoms with E-state index >= 15 is 0 Å². The number of benzene rings is 2. The van der Waals surface area contributed by atoms with Crippen LogP contribution in [0.1, 0.15) is 62.5 Å². The minimum Gasteiger partial charge on any atom is -0.482 e. The largest absolute Gasteiger partial charge is 0.482 e. The van der Waals surface area contributed by atoms with Gasteiger partial charge in [-0.2, -0.15) is 0 Å². The maximum Gasteiger partial charge on any atom is 0.265 e. The molecule has 0 aliphatic carbocycles. The summed E-state index contributed by atoms with van der Waals surface area (Å²) in [6.45, 7) is 11.7. The van der Waals surface area contributed by atoms with Crippen molar-refractivity contribution in [2.75, 3.05) is 18.1 Å². The fraction of sp³-hybridized carbons (Fsp3) is 0.440. The minimum absolute atomic E-state index is 0.00954. The normalized spacial score (nSPS) is 13.8. The van der Waals surface area contributed by atoms with E-state index in [0.29, 0.717) is 24.6 Å². The highest BCUT2D eigenvalue weighted by Crippen LogP contribution is 2.38. The van der Waals surface area contributed by atoms with Gasteiger partial charge in [0.2, 0.25) is 0 Å². The Morgan fingerprint density at radius 2 is 1.97 bits per heavy atom. The Morgan fingerprint density at radius 1 is 1.20 bits per heavy atom. The smallest absolute Gasteiger partial charge is 0.265 e. The molecule has 3 rings (SSSR count). The van der Waals surface area contributed by atoms with Gasteiger partial charge in [-0.3, -0.25) is 9.59 Å². The van der Waals surface area contributed by atoms with Gasteiger partial charge < -0.3 is 15.0 Å². The van der Waals surface area contributed by atoms with Crippen LogP contribution in [0.2, 0.25) is 0 Å². The van der Waals surface area contributed by atoms with E-state index in [-0.39, 0.29) is 23.8 Å². The van der Waals surface area contributed by atoms with Gasteiger partial charge in [0, 0.05) is 12.1 Å². The molecule has 5 heteroatoms. The van der Waals surface area contributed by atoms with Crippen molar-refractivity contribution in [1.82, 2.24) is 5.32 Å². The maximum atomic E-state index is 12.7. The van der Waals surface area contributed by atoms with Crippen molar-refractivity contribution in [3.05, 3.63) is 59.2 Å². The lowest BCUT2D eigenvalue weighted by atomic mass is 9.82. The van der Waals surface area contributed by atoms with E-state index in [1.165, 1.54) is 5.56 Å². The second kappa shape index (κ2) is 8.90. The number of amides is 2. The number of rotatable bonds is 7. The van der Waals surface area contributed by atoms with Gasteiger partial charge in [0.1, 0.15) is 5.75 Å². The van der Waals surface area contributed by atoms with Crippen LogP contribution in [0.25, 0.3) is 0 Å². The molecule has 1 aliphatic rings. The maximum absolute atomic E-state index is 12.7. The Morgan fingerprint density at radius 3 is 2.67 bits per heavy atom. The summed E-state index contributed by atoms with van der Waals surface area (Å²) in [4.78, 5) is 26.9. The number of anilines is 1. The zero-order chi connectivity index (χ0) is 21.9. The van der Waals surface area contributed by atoms with Gasteiger partial charge in [0.15, 0.2) is 6.61 Å². The summed E-state index contributed by atoms with van der Waals surface area (Å²) in [5, 5.41) is 2.94.